The Kier molecular flexibility index (Phi) is 4.06. The standard InChI is InChI=1S/C20H19N3O2/c1-14-6-11-25-19(14)20(24)23-10-5-17(13-23)16-4-9-22-18(12-16)15-2-7-21-8-3-15/h2-4,6-9,11-12,17H,5,10,13H2,1H3. The van der Waals surface area contributed by atoms with Crippen molar-refractivity contribution in [3.63, 3.8) is 0 Å². The summed E-state index contributed by atoms with van der Waals surface area (Å²) in [5, 5.41) is 0. The van der Waals surface area contributed by atoms with Crippen LogP contribution < -0.4 is 0 Å². The molecule has 0 spiro atoms. The Hall–Kier alpha value is -2.95. The highest BCUT2D eigenvalue weighted by molar-refractivity contribution is 5.93. The van der Waals surface area contributed by atoms with Gasteiger partial charge < -0.3 is 9.32 Å². The third-order valence-corrected chi connectivity index (χ3v) is 4.76. The monoisotopic (exact) mass is 333 g/mol. The van der Waals surface area contributed by atoms with Gasteiger partial charge in [-0.3, -0.25) is 14.8 Å². The van der Waals surface area contributed by atoms with Crippen molar-refractivity contribution in [3.05, 3.63) is 72.1 Å². The van der Waals surface area contributed by atoms with Crippen molar-refractivity contribution in [2.24, 2.45) is 0 Å². The number of likely N-dealkylation sites (tertiary alicyclic amines) is 1. The molecule has 4 heterocycles. The van der Waals surface area contributed by atoms with Crippen LogP contribution in [0.5, 0.6) is 0 Å². The maximum atomic E-state index is 12.6. The van der Waals surface area contributed by atoms with Gasteiger partial charge in [-0.25, -0.2) is 0 Å². The molecular weight excluding hydrogens is 314 g/mol. The van der Waals surface area contributed by atoms with Crippen molar-refractivity contribution >= 4 is 5.91 Å². The minimum Gasteiger partial charge on any atom is -0.459 e. The predicted octanol–water partition coefficient (Wildman–Crippen LogP) is 3.67. The van der Waals surface area contributed by atoms with Crippen LogP contribution in [0.25, 0.3) is 11.3 Å². The van der Waals surface area contributed by atoms with Gasteiger partial charge in [-0.1, -0.05) is 0 Å². The molecule has 0 bridgehead atoms. The summed E-state index contributed by atoms with van der Waals surface area (Å²) in [5.74, 6) is 0.754. The van der Waals surface area contributed by atoms with Crippen molar-refractivity contribution in [2.45, 2.75) is 19.3 Å². The molecule has 5 nitrogen and oxygen atoms in total. The number of hydrogen-bond acceptors (Lipinski definition) is 4. The third kappa shape index (κ3) is 3.05. The van der Waals surface area contributed by atoms with E-state index >= 15 is 0 Å². The van der Waals surface area contributed by atoms with E-state index < -0.39 is 0 Å². The second kappa shape index (κ2) is 6.51. The van der Waals surface area contributed by atoms with E-state index in [0.717, 1.165) is 29.8 Å². The highest BCUT2D eigenvalue weighted by atomic mass is 16.3. The largest absolute Gasteiger partial charge is 0.459 e. The molecule has 1 amide bonds. The molecule has 3 aromatic rings. The highest BCUT2D eigenvalue weighted by Gasteiger charge is 2.30. The SMILES string of the molecule is Cc1ccoc1C(=O)N1CCC(c2ccnc(-c3ccncc3)c2)C1. The van der Waals surface area contributed by atoms with E-state index in [2.05, 4.69) is 16.0 Å². The van der Waals surface area contributed by atoms with Gasteiger partial charge >= 0.3 is 0 Å². The molecule has 4 rings (SSSR count). The Morgan fingerprint density at radius 1 is 1.20 bits per heavy atom. The second-order valence-corrected chi connectivity index (χ2v) is 6.38. The van der Waals surface area contributed by atoms with E-state index in [1.807, 2.05) is 42.3 Å². The maximum absolute atomic E-state index is 12.6. The number of carbonyl (C=O) groups is 1. The molecule has 1 unspecified atom stereocenters. The zero-order valence-electron chi connectivity index (χ0n) is 14.1. The summed E-state index contributed by atoms with van der Waals surface area (Å²) < 4.78 is 5.35. The van der Waals surface area contributed by atoms with Gasteiger partial charge in [-0.15, -0.1) is 0 Å². The number of furan rings is 1. The fraction of sp³-hybridized carbons (Fsp3) is 0.250. The van der Waals surface area contributed by atoms with Crippen molar-refractivity contribution in [2.75, 3.05) is 13.1 Å². The molecule has 1 aliphatic rings. The minimum absolute atomic E-state index is 0.0200. The Labute approximate surface area is 146 Å². The quantitative estimate of drug-likeness (QED) is 0.734. The van der Waals surface area contributed by atoms with Crippen molar-refractivity contribution in [1.82, 2.24) is 14.9 Å². The first kappa shape index (κ1) is 15.6. The van der Waals surface area contributed by atoms with E-state index in [9.17, 15) is 4.79 Å². The molecule has 1 aliphatic heterocycles. The van der Waals surface area contributed by atoms with E-state index in [1.54, 1.807) is 18.7 Å². The summed E-state index contributed by atoms with van der Waals surface area (Å²) in [6.45, 7) is 3.35. The molecule has 0 radical (unpaired) electrons. The average molecular weight is 333 g/mol. The van der Waals surface area contributed by atoms with E-state index in [-0.39, 0.29) is 5.91 Å². The number of aromatic nitrogens is 2. The summed E-state index contributed by atoms with van der Waals surface area (Å²) in [6.07, 6.45) is 7.90. The zero-order valence-corrected chi connectivity index (χ0v) is 14.1. The molecule has 0 N–H and O–H groups in total. The van der Waals surface area contributed by atoms with E-state index in [0.29, 0.717) is 18.2 Å². The molecular formula is C20H19N3O2. The van der Waals surface area contributed by atoms with Crippen molar-refractivity contribution in [1.29, 1.82) is 0 Å². The van der Waals surface area contributed by atoms with Gasteiger partial charge in [-0.05, 0) is 49.2 Å². The second-order valence-electron chi connectivity index (χ2n) is 6.38. The fourth-order valence-corrected chi connectivity index (χ4v) is 3.33. The molecule has 1 atom stereocenters. The molecule has 1 fully saturated rings. The fourth-order valence-electron chi connectivity index (χ4n) is 3.33. The first-order valence-corrected chi connectivity index (χ1v) is 8.42. The Morgan fingerprint density at radius 3 is 2.80 bits per heavy atom. The summed E-state index contributed by atoms with van der Waals surface area (Å²) in [4.78, 5) is 23.0. The lowest BCUT2D eigenvalue weighted by atomic mass is 9.97. The van der Waals surface area contributed by atoms with Crippen LogP contribution in [0.15, 0.2) is 59.6 Å². The van der Waals surface area contributed by atoms with Gasteiger partial charge in [0.15, 0.2) is 5.76 Å². The molecule has 126 valence electrons. The summed E-state index contributed by atoms with van der Waals surface area (Å²) >= 11 is 0. The number of amides is 1. The van der Waals surface area contributed by atoms with Crippen LogP contribution in [-0.4, -0.2) is 33.9 Å². The number of pyridine rings is 2. The highest BCUT2D eigenvalue weighted by Crippen LogP contribution is 2.30. The van der Waals surface area contributed by atoms with Gasteiger partial charge in [0.25, 0.3) is 5.91 Å². The lowest BCUT2D eigenvalue weighted by molar-refractivity contribution is 0.0758. The predicted molar refractivity (Wildman–Crippen MR) is 94.2 cm³/mol. The molecule has 0 saturated carbocycles. The average Bonchev–Trinajstić information content (AvgIpc) is 3.31. The zero-order chi connectivity index (χ0) is 17.2. The molecule has 0 aromatic carbocycles. The van der Waals surface area contributed by atoms with Crippen molar-refractivity contribution in [3.8, 4) is 11.3 Å². The van der Waals surface area contributed by atoms with Gasteiger partial charge in [-0.2, -0.15) is 0 Å². The van der Waals surface area contributed by atoms with Crippen LogP contribution in [0.2, 0.25) is 0 Å². The first-order chi connectivity index (χ1) is 12.2. The van der Waals surface area contributed by atoms with Gasteiger partial charge in [0.2, 0.25) is 0 Å². The minimum atomic E-state index is -0.0200. The Morgan fingerprint density at radius 2 is 2.04 bits per heavy atom. The van der Waals surface area contributed by atoms with Crippen molar-refractivity contribution < 1.29 is 9.21 Å². The Balaban J connectivity index is 1.52. The number of carbonyl (C=O) groups excluding carboxylic acids is 1. The van der Waals surface area contributed by atoms with E-state index in [1.165, 1.54) is 5.56 Å². The summed E-state index contributed by atoms with van der Waals surface area (Å²) in [7, 11) is 0. The van der Waals surface area contributed by atoms with Crippen LogP contribution in [0.4, 0.5) is 0 Å². The van der Waals surface area contributed by atoms with Crippen LogP contribution in [0, 0.1) is 6.92 Å². The number of nitrogens with zero attached hydrogens (tertiary/aromatic N) is 3. The molecule has 1 saturated heterocycles. The van der Waals surface area contributed by atoms with Gasteiger partial charge in [0.1, 0.15) is 0 Å². The third-order valence-electron chi connectivity index (χ3n) is 4.76. The number of aryl methyl sites for hydroxylation is 1. The Bertz CT molecular complexity index is 889. The van der Waals surface area contributed by atoms with Crippen LogP contribution in [-0.2, 0) is 0 Å². The van der Waals surface area contributed by atoms with Crippen LogP contribution in [0.3, 0.4) is 0 Å². The van der Waals surface area contributed by atoms with Crippen LogP contribution >= 0.6 is 0 Å². The topological polar surface area (TPSA) is 59.2 Å². The number of rotatable bonds is 3. The molecule has 5 heteroatoms. The summed E-state index contributed by atoms with van der Waals surface area (Å²) in [6, 6.07) is 9.89. The molecule has 0 aliphatic carbocycles. The maximum Gasteiger partial charge on any atom is 0.289 e. The lowest BCUT2D eigenvalue weighted by Gasteiger charge is -2.16. The van der Waals surface area contributed by atoms with Gasteiger partial charge in [0, 0.05) is 48.7 Å². The first-order valence-electron chi connectivity index (χ1n) is 8.42. The van der Waals surface area contributed by atoms with E-state index in [4.69, 9.17) is 4.42 Å². The lowest BCUT2D eigenvalue weighted by Crippen LogP contribution is -2.28. The van der Waals surface area contributed by atoms with Gasteiger partial charge in [0.05, 0.1) is 12.0 Å². The smallest absolute Gasteiger partial charge is 0.289 e. The molecule has 25 heavy (non-hydrogen) atoms. The summed E-state index contributed by atoms with van der Waals surface area (Å²) in [5.41, 5.74) is 4.09. The van der Waals surface area contributed by atoms with Crippen LogP contribution in [0.1, 0.15) is 34.0 Å². The molecule has 3 aromatic heterocycles. The normalized spacial score (nSPS) is 17.0. The number of hydrogen-bond donors (Lipinski definition) is 0.